The number of carbonyl (C=O) groups excluding carboxylic acids is 1. The summed E-state index contributed by atoms with van der Waals surface area (Å²) in [5.41, 5.74) is 2.89. The molecule has 2 aromatic heterocycles. The van der Waals surface area contributed by atoms with Crippen LogP contribution in [0.25, 0.3) is 27.8 Å². The van der Waals surface area contributed by atoms with Crippen molar-refractivity contribution < 1.29 is 18.8 Å². The molecule has 0 spiro atoms. The van der Waals surface area contributed by atoms with Crippen molar-refractivity contribution >= 4 is 28.4 Å². The van der Waals surface area contributed by atoms with Gasteiger partial charge in [0.05, 0.1) is 22.3 Å². The summed E-state index contributed by atoms with van der Waals surface area (Å²) in [6.07, 6.45) is -0.978. The molecule has 2 heterocycles. The van der Waals surface area contributed by atoms with Crippen molar-refractivity contribution in [1.29, 1.82) is 0 Å². The van der Waals surface area contributed by atoms with Crippen molar-refractivity contribution in [2.45, 2.75) is 26.0 Å². The third-order valence-electron chi connectivity index (χ3n) is 5.72. The predicted molar refractivity (Wildman–Crippen MR) is 132 cm³/mol. The van der Waals surface area contributed by atoms with Crippen LogP contribution in [-0.4, -0.2) is 37.0 Å². The van der Waals surface area contributed by atoms with E-state index in [0.717, 1.165) is 10.9 Å². The number of aliphatic hydroxyl groups excluding tert-OH is 1. The lowest BCUT2D eigenvalue weighted by Gasteiger charge is -2.17. The highest BCUT2D eigenvalue weighted by Gasteiger charge is 2.26. The zero-order valence-corrected chi connectivity index (χ0v) is 20.1. The Kier molecular flexibility index (Phi) is 6.26. The number of aryl methyl sites for hydroxylation is 1. The fourth-order valence-corrected chi connectivity index (χ4v) is 4.17. The summed E-state index contributed by atoms with van der Waals surface area (Å²) in [5, 5.41) is 22.7. The standard InChI is InChI=1S/C26H21ClFN5O3/c1-14(34)23(26-29-15(2)32-36-26)30-25(35)16-7-12-20-22(13-16)33(18-10-8-17(28)9-11-18)31-24(20)19-5-3-4-6-21(19)27/h3-14,23,34H,1-2H3,(H,30,35)/t14-,23+/m1/s1. The normalized spacial score (nSPS) is 13.0. The Bertz CT molecular complexity index is 1560. The summed E-state index contributed by atoms with van der Waals surface area (Å²) < 4.78 is 20.4. The Labute approximate surface area is 210 Å². The van der Waals surface area contributed by atoms with Crippen LogP contribution in [0.5, 0.6) is 0 Å². The van der Waals surface area contributed by atoms with Crippen LogP contribution in [0.4, 0.5) is 4.39 Å². The fraction of sp³-hybridized carbons (Fsp3) is 0.154. The van der Waals surface area contributed by atoms with Gasteiger partial charge < -0.3 is 14.9 Å². The highest BCUT2D eigenvalue weighted by molar-refractivity contribution is 6.33. The van der Waals surface area contributed by atoms with Gasteiger partial charge in [-0.1, -0.05) is 35.0 Å². The lowest BCUT2D eigenvalue weighted by Crippen LogP contribution is -2.35. The number of aliphatic hydroxyl groups is 1. The highest BCUT2D eigenvalue weighted by atomic mass is 35.5. The molecule has 0 aliphatic rings. The molecule has 1 amide bonds. The van der Waals surface area contributed by atoms with E-state index in [4.69, 9.17) is 21.2 Å². The van der Waals surface area contributed by atoms with E-state index in [0.29, 0.717) is 33.3 Å². The number of hydrogen-bond acceptors (Lipinski definition) is 6. The van der Waals surface area contributed by atoms with E-state index in [1.807, 2.05) is 18.2 Å². The van der Waals surface area contributed by atoms with Crippen LogP contribution >= 0.6 is 11.6 Å². The van der Waals surface area contributed by atoms with Crippen LogP contribution in [0.1, 0.15) is 35.0 Å². The van der Waals surface area contributed by atoms with Crippen molar-refractivity contribution in [1.82, 2.24) is 25.2 Å². The van der Waals surface area contributed by atoms with Crippen LogP contribution in [0.15, 0.2) is 71.3 Å². The molecule has 0 aliphatic heterocycles. The molecule has 0 saturated heterocycles. The van der Waals surface area contributed by atoms with E-state index in [1.54, 1.807) is 48.0 Å². The minimum atomic E-state index is -0.978. The van der Waals surface area contributed by atoms with Crippen LogP contribution in [0, 0.1) is 12.7 Å². The minimum absolute atomic E-state index is 0.106. The second kappa shape index (κ2) is 9.52. The summed E-state index contributed by atoms with van der Waals surface area (Å²) in [5.74, 6) is -0.331. The molecule has 10 heteroatoms. The zero-order valence-electron chi connectivity index (χ0n) is 19.3. The van der Waals surface area contributed by atoms with Gasteiger partial charge >= 0.3 is 0 Å². The molecule has 0 radical (unpaired) electrons. The van der Waals surface area contributed by atoms with Crippen LogP contribution in [0.2, 0.25) is 5.02 Å². The first-order valence-electron chi connectivity index (χ1n) is 11.1. The number of fused-ring (bicyclic) bond motifs is 1. The summed E-state index contributed by atoms with van der Waals surface area (Å²) in [6.45, 7) is 3.17. The van der Waals surface area contributed by atoms with Crippen molar-refractivity contribution in [3.8, 4) is 16.9 Å². The summed E-state index contributed by atoms with van der Waals surface area (Å²) in [6, 6.07) is 17.4. The molecule has 36 heavy (non-hydrogen) atoms. The number of nitrogens with zero attached hydrogens (tertiary/aromatic N) is 4. The number of rotatable bonds is 6. The molecule has 2 atom stereocenters. The lowest BCUT2D eigenvalue weighted by atomic mass is 10.1. The van der Waals surface area contributed by atoms with E-state index in [9.17, 15) is 14.3 Å². The molecule has 0 saturated carbocycles. The molecule has 5 aromatic rings. The quantitative estimate of drug-likeness (QED) is 0.335. The first kappa shape index (κ1) is 23.7. The molecule has 3 aromatic carbocycles. The number of benzene rings is 3. The molecule has 0 bridgehead atoms. The summed E-state index contributed by atoms with van der Waals surface area (Å²) >= 11 is 6.46. The number of carbonyl (C=O) groups is 1. The third kappa shape index (κ3) is 4.46. The topological polar surface area (TPSA) is 106 Å². The minimum Gasteiger partial charge on any atom is -0.391 e. The largest absolute Gasteiger partial charge is 0.391 e. The maximum atomic E-state index is 13.6. The van der Waals surface area contributed by atoms with Gasteiger partial charge in [-0.15, -0.1) is 0 Å². The van der Waals surface area contributed by atoms with Crippen LogP contribution in [0.3, 0.4) is 0 Å². The van der Waals surface area contributed by atoms with Gasteiger partial charge in [0.1, 0.15) is 17.6 Å². The van der Waals surface area contributed by atoms with E-state index in [-0.39, 0.29) is 11.7 Å². The SMILES string of the molecule is Cc1noc([C@@H](NC(=O)c2ccc3c(-c4ccccc4Cl)nn(-c4ccc(F)cc4)c3c2)[C@@H](C)O)n1. The second-order valence-corrected chi connectivity index (χ2v) is 8.73. The predicted octanol–water partition coefficient (Wildman–Crippen LogP) is 5.03. The van der Waals surface area contributed by atoms with Crippen LogP contribution in [-0.2, 0) is 0 Å². The van der Waals surface area contributed by atoms with Crippen molar-refractivity contribution in [2.75, 3.05) is 0 Å². The van der Waals surface area contributed by atoms with Gasteiger partial charge in [0, 0.05) is 16.5 Å². The fourth-order valence-electron chi connectivity index (χ4n) is 3.94. The number of aromatic nitrogens is 4. The van der Waals surface area contributed by atoms with Crippen molar-refractivity contribution in [2.24, 2.45) is 0 Å². The maximum Gasteiger partial charge on any atom is 0.252 e. The van der Waals surface area contributed by atoms with Gasteiger partial charge in [0.15, 0.2) is 5.82 Å². The van der Waals surface area contributed by atoms with E-state index in [2.05, 4.69) is 15.5 Å². The Morgan fingerprint density at radius 3 is 2.56 bits per heavy atom. The van der Waals surface area contributed by atoms with Crippen LogP contribution < -0.4 is 5.32 Å². The Morgan fingerprint density at radius 2 is 1.89 bits per heavy atom. The molecule has 2 N–H and O–H groups in total. The molecular weight excluding hydrogens is 485 g/mol. The molecule has 0 fully saturated rings. The number of hydrogen-bond donors (Lipinski definition) is 2. The average molecular weight is 506 g/mol. The Hall–Kier alpha value is -4.08. The first-order valence-corrected chi connectivity index (χ1v) is 11.5. The number of halogens is 2. The molecule has 8 nitrogen and oxygen atoms in total. The first-order chi connectivity index (χ1) is 17.3. The maximum absolute atomic E-state index is 13.6. The number of nitrogens with one attached hydrogen (secondary N) is 1. The van der Waals surface area contributed by atoms with Gasteiger partial charge in [-0.25, -0.2) is 9.07 Å². The van der Waals surface area contributed by atoms with Gasteiger partial charge in [-0.3, -0.25) is 4.79 Å². The highest BCUT2D eigenvalue weighted by Crippen LogP contribution is 2.34. The van der Waals surface area contributed by atoms with E-state index >= 15 is 0 Å². The Balaban J connectivity index is 1.60. The summed E-state index contributed by atoms with van der Waals surface area (Å²) in [4.78, 5) is 17.3. The Morgan fingerprint density at radius 1 is 1.14 bits per heavy atom. The van der Waals surface area contributed by atoms with Crippen molar-refractivity contribution in [3.63, 3.8) is 0 Å². The molecule has 5 rings (SSSR count). The third-order valence-corrected chi connectivity index (χ3v) is 6.05. The zero-order chi connectivity index (χ0) is 25.4. The van der Waals surface area contributed by atoms with E-state index < -0.39 is 18.1 Å². The molecule has 182 valence electrons. The second-order valence-electron chi connectivity index (χ2n) is 8.32. The average Bonchev–Trinajstić information content (AvgIpc) is 3.46. The van der Waals surface area contributed by atoms with Gasteiger partial charge in [-0.05, 0) is 62.4 Å². The lowest BCUT2D eigenvalue weighted by molar-refractivity contribution is 0.0818. The van der Waals surface area contributed by atoms with Crippen molar-refractivity contribution in [3.05, 3.63) is 94.8 Å². The molecule has 0 unspecified atom stereocenters. The number of amides is 1. The monoisotopic (exact) mass is 505 g/mol. The molecule has 0 aliphatic carbocycles. The van der Waals surface area contributed by atoms with Gasteiger partial charge in [-0.2, -0.15) is 10.1 Å². The van der Waals surface area contributed by atoms with E-state index in [1.165, 1.54) is 19.1 Å². The molecular formula is C26H21ClFN5O3. The van der Waals surface area contributed by atoms with Gasteiger partial charge in [0.25, 0.3) is 11.8 Å². The van der Waals surface area contributed by atoms with Gasteiger partial charge in [0.2, 0.25) is 0 Å². The smallest absolute Gasteiger partial charge is 0.252 e. The summed E-state index contributed by atoms with van der Waals surface area (Å²) in [7, 11) is 0.